The molecule has 0 aliphatic rings. The van der Waals surface area contributed by atoms with Crippen LogP contribution >= 0.6 is 11.8 Å². The predicted octanol–water partition coefficient (Wildman–Crippen LogP) is 0.922. The number of methoxy groups -OCH3 is 1. The zero-order valence-corrected chi connectivity index (χ0v) is 12.4. The normalized spacial score (nSPS) is 10.5. The lowest BCUT2D eigenvalue weighted by Crippen LogP contribution is -2.36. The quantitative estimate of drug-likeness (QED) is 0.449. The third-order valence-electron chi connectivity index (χ3n) is 2.53. The van der Waals surface area contributed by atoms with Crippen molar-refractivity contribution in [1.29, 1.82) is 0 Å². The van der Waals surface area contributed by atoms with E-state index in [1.165, 1.54) is 11.8 Å². The van der Waals surface area contributed by atoms with E-state index in [0.29, 0.717) is 24.7 Å². The number of aromatic nitrogens is 2. The lowest BCUT2D eigenvalue weighted by atomic mass is 10.3. The van der Waals surface area contributed by atoms with Crippen LogP contribution in [-0.4, -0.2) is 30.6 Å². The molecule has 0 spiro atoms. The first-order valence-electron chi connectivity index (χ1n) is 6.31. The van der Waals surface area contributed by atoms with Gasteiger partial charge in [0.15, 0.2) is 0 Å². The highest BCUT2D eigenvalue weighted by Crippen LogP contribution is 2.20. The van der Waals surface area contributed by atoms with Crippen LogP contribution in [0.15, 0.2) is 39.9 Å². The van der Waals surface area contributed by atoms with Crippen LogP contribution in [0.5, 0.6) is 0 Å². The van der Waals surface area contributed by atoms with Gasteiger partial charge in [-0.25, -0.2) is 0 Å². The van der Waals surface area contributed by atoms with E-state index in [4.69, 9.17) is 15.0 Å². The molecular formula is C13H17N4O3S+. The molecule has 1 amide bonds. The average molecular weight is 309 g/mol. The van der Waals surface area contributed by atoms with Crippen molar-refractivity contribution in [1.82, 2.24) is 5.27 Å². The average Bonchev–Trinajstić information content (AvgIpc) is 2.90. The largest absolute Gasteiger partial charge is 0.399 e. The number of ether oxygens (including phenoxy) is 1. The molecule has 0 atom stereocenters. The summed E-state index contributed by atoms with van der Waals surface area (Å²) in [5.74, 6) is 0.407. The molecule has 0 bridgehead atoms. The number of nitrogen functional groups attached to an aromatic ring is 1. The Morgan fingerprint density at radius 2 is 2.43 bits per heavy atom. The Balaban J connectivity index is 1.80. The molecular weight excluding hydrogens is 292 g/mol. The van der Waals surface area contributed by atoms with Crippen molar-refractivity contribution in [2.45, 2.75) is 11.4 Å². The molecule has 21 heavy (non-hydrogen) atoms. The van der Waals surface area contributed by atoms with Crippen LogP contribution in [0.1, 0.15) is 0 Å². The summed E-state index contributed by atoms with van der Waals surface area (Å²) in [5, 5.41) is 6.40. The topological polar surface area (TPSA) is 94.3 Å². The number of anilines is 2. The summed E-state index contributed by atoms with van der Waals surface area (Å²) in [6.07, 6.45) is 1.61. The standard InChI is InChI=1S/C13H16N4O3S/c1-19-6-5-17-8-13(20-16-17)15-12(18)9-21-11-4-2-3-10(14)7-11/h2-4,7-8H,5-6,9,14H2,1H3/p+1. The highest BCUT2D eigenvalue weighted by atomic mass is 32.2. The van der Waals surface area contributed by atoms with Gasteiger partial charge in [-0.2, -0.15) is 0 Å². The van der Waals surface area contributed by atoms with Crippen LogP contribution in [0, 0.1) is 0 Å². The molecule has 0 fully saturated rings. The maximum absolute atomic E-state index is 11.8. The fraction of sp³-hybridized carbons (Fsp3) is 0.308. The van der Waals surface area contributed by atoms with E-state index in [2.05, 4.69) is 10.6 Å². The molecule has 0 saturated carbocycles. The van der Waals surface area contributed by atoms with Gasteiger partial charge in [-0.1, -0.05) is 6.07 Å². The van der Waals surface area contributed by atoms with Crippen molar-refractivity contribution in [3.05, 3.63) is 30.5 Å². The van der Waals surface area contributed by atoms with Crippen molar-refractivity contribution in [2.75, 3.05) is 30.5 Å². The number of carbonyl (C=O) groups is 1. The number of nitrogens with two attached hydrogens (primary N) is 1. The fourth-order valence-electron chi connectivity index (χ4n) is 1.55. The van der Waals surface area contributed by atoms with Crippen molar-refractivity contribution in [3.63, 3.8) is 0 Å². The number of thioether (sulfide) groups is 1. The Morgan fingerprint density at radius 1 is 1.57 bits per heavy atom. The van der Waals surface area contributed by atoms with E-state index in [1.54, 1.807) is 24.1 Å². The van der Waals surface area contributed by atoms with Crippen molar-refractivity contribution >= 4 is 29.2 Å². The number of benzene rings is 1. The predicted molar refractivity (Wildman–Crippen MR) is 78.8 cm³/mol. The Morgan fingerprint density at radius 3 is 3.19 bits per heavy atom. The minimum absolute atomic E-state index is 0.169. The third kappa shape index (κ3) is 5.09. The van der Waals surface area contributed by atoms with Gasteiger partial charge in [-0.15, -0.1) is 11.8 Å². The number of rotatable bonds is 7. The van der Waals surface area contributed by atoms with Crippen LogP contribution in [0.4, 0.5) is 11.6 Å². The molecule has 0 aliphatic heterocycles. The monoisotopic (exact) mass is 309 g/mol. The van der Waals surface area contributed by atoms with E-state index in [1.807, 2.05) is 18.2 Å². The summed E-state index contributed by atoms with van der Waals surface area (Å²) >= 11 is 1.40. The summed E-state index contributed by atoms with van der Waals surface area (Å²) in [6, 6.07) is 7.38. The molecule has 7 nitrogen and oxygen atoms in total. The summed E-state index contributed by atoms with van der Waals surface area (Å²) in [4.78, 5) is 12.8. The van der Waals surface area contributed by atoms with Crippen LogP contribution in [0.2, 0.25) is 0 Å². The van der Waals surface area contributed by atoms with Gasteiger partial charge < -0.3 is 10.5 Å². The van der Waals surface area contributed by atoms with E-state index in [0.717, 1.165) is 4.90 Å². The molecule has 2 aromatic rings. The van der Waals surface area contributed by atoms with Gasteiger partial charge in [-0.3, -0.25) is 14.6 Å². The number of nitrogens with zero attached hydrogens (tertiary/aromatic N) is 2. The summed E-state index contributed by atoms with van der Waals surface area (Å²) in [5.41, 5.74) is 6.36. The number of hydrogen-bond acceptors (Lipinski definition) is 6. The van der Waals surface area contributed by atoms with Gasteiger partial charge in [0.05, 0.1) is 5.75 Å². The smallest absolute Gasteiger partial charge is 0.302 e. The molecule has 1 aromatic heterocycles. The number of carbonyl (C=O) groups excluding carboxylic acids is 1. The second kappa shape index (κ2) is 7.65. The first-order valence-corrected chi connectivity index (χ1v) is 7.29. The Labute approximate surface area is 126 Å². The summed E-state index contributed by atoms with van der Waals surface area (Å²) in [7, 11) is 1.61. The van der Waals surface area contributed by atoms with Crippen molar-refractivity contribution < 1.29 is 18.7 Å². The van der Waals surface area contributed by atoms with Gasteiger partial charge in [0, 0.05) is 17.7 Å². The zero-order chi connectivity index (χ0) is 15.1. The molecule has 0 unspecified atom stereocenters. The second-order valence-electron chi connectivity index (χ2n) is 4.23. The van der Waals surface area contributed by atoms with Gasteiger partial charge in [0.2, 0.25) is 17.7 Å². The maximum Gasteiger partial charge on any atom is 0.302 e. The molecule has 0 saturated heterocycles. The van der Waals surface area contributed by atoms with E-state index >= 15 is 0 Å². The SMILES string of the molecule is COCC[n+]1cc(NC(=O)CSc2cccc(N)c2)on1. The lowest BCUT2D eigenvalue weighted by molar-refractivity contribution is -0.763. The minimum Gasteiger partial charge on any atom is -0.399 e. The highest BCUT2D eigenvalue weighted by Gasteiger charge is 2.13. The van der Waals surface area contributed by atoms with Crippen molar-refractivity contribution in [3.8, 4) is 0 Å². The lowest BCUT2D eigenvalue weighted by Gasteiger charge is -2.01. The number of amides is 1. The summed E-state index contributed by atoms with van der Waals surface area (Å²) in [6.45, 7) is 1.09. The molecule has 8 heteroatoms. The third-order valence-corrected chi connectivity index (χ3v) is 3.52. The van der Waals surface area contributed by atoms with Crippen LogP contribution in [-0.2, 0) is 16.1 Å². The zero-order valence-electron chi connectivity index (χ0n) is 11.6. The van der Waals surface area contributed by atoms with Crippen LogP contribution < -0.4 is 15.7 Å². The molecule has 0 radical (unpaired) electrons. The number of nitrogens with one attached hydrogen (secondary N) is 1. The molecule has 3 N–H and O–H groups in total. The molecule has 2 rings (SSSR count). The van der Waals surface area contributed by atoms with E-state index in [9.17, 15) is 4.79 Å². The maximum atomic E-state index is 11.8. The summed E-state index contributed by atoms with van der Waals surface area (Å²) < 4.78 is 11.5. The van der Waals surface area contributed by atoms with E-state index < -0.39 is 0 Å². The van der Waals surface area contributed by atoms with Gasteiger partial charge in [0.1, 0.15) is 6.61 Å². The minimum atomic E-state index is -0.169. The fourth-order valence-corrected chi connectivity index (χ4v) is 2.32. The first-order chi connectivity index (χ1) is 10.2. The van der Waals surface area contributed by atoms with Gasteiger partial charge in [0.25, 0.3) is 6.20 Å². The number of hydrogen-bond donors (Lipinski definition) is 2. The van der Waals surface area contributed by atoms with Crippen LogP contribution in [0.25, 0.3) is 0 Å². The Hall–Kier alpha value is -2.06. The van der Waals surface area contributed by atoms with Crippen molar-refractivity contribution in [2.24, 2.45) is 0 Å². The highest BCUT2D eigenvalue weighted by molar-refractivity contribution is 8.00. The molecule has 0 aliphatic carbocycles. The first kappa shape index (κ1) is 15.3. The van der Waals surface area contributed by atoms with E-state index in [-0.39, 0.29) is 11.7 Å². The van der Waals surface area contributed by atoms with Crippen LogP contribution in [0.3, 0.4) is 0 Å². The Kier molecular flexibility index (Phi) is 5.59. The molecule has 1 aromatic carbocycles. The molecule has 1 heterocycles. The van der Waals surface area contributed by atoms with Gasteiger partial charge in [-0.05, 0) is 22.9 Å². The Bertz CT molecular complexity index is 603. The second-order valence-corrected chi connectivity index (χ2v) is 5.28. The molecule has 112 valence electrons. The van der Waals surface area contributed by atoms with Gasteiger partial charge >= 0.3 is 5.88 Å².